The average molecular weight is 221 g/mol. The molecule has 0 aromatic rings. The van der Waals surface area contributed by atoms with Crippen molar-refractivity contribution < 1.29 is 4.74 Å². The van der Waals surface area contributed by atoms with Crippen molar-refractivity contribution in [2.24, 2.45) is 11.3 Å². The van der Waals surface area contributed by atoms with E-state index in [-0.39, 0.29) is 11.0 Å². The van der Waals surface area contributed by atoms with E-state index in [0.717, 1.165) is 18.7 Å². The molecule has 86 valence electrons. The number of ether oxygens (including phenoxy) is 1. The molecule has 1 unspecified atom stereocenters. The lowest BCUT2D eigenvalue weighted by Crippen LogP contribution is -2.31. The first-order chi connectivity index (χ1) is 6.27. The number of halogens is 1. The summed E-state index contributed by atoms with van der Waals surface area (Å²) in [5.74, 6) is 1.34. The molecule has 0 saturated heterocycles. The van der Waals surface area contributed by atoms with Crippen molar-refractivity contribution in [3.63, 3.8) is 0 Å². The molecule has 0 aliphatic carbocycles. The average Bonchev–Trinajstić information content (AvgIpc) is 2.14. The van der Waals surface area contributed by atoms with E-state index in [2.05, 4.69) is 34.6 Å². The summed E-state index contributed by atoms with van der Waals surface area (Å²) >= 11 is 6.03. The Morgan fingerprint density at radius 2 is 1.64 bits per heavy atom. The van der Waals surface area contributed by atoms with Gasteiger partial charge in [-0.25, -0.2) is 0 Å². The number of hydrogen-bond acceptors (Lipinski definition) is 1. The van der Waals surface area contributed by atoms with E-state index < -0.39 is 0 Å². The van der Waals surface area contributed by atoms with Crippen LogP contribution in [-0.4, -0.2) is 18.6 Å². The monoisotopic (exact) mass is 220 g/mol. The Hall–Kier alpha value is 0.250. The van der Waals surface area contributed by atoms with E-state index in [1.165, 1.54) is 0 Å². The Morgan fingerprint density at radius 1 is 1.14 bits per heavy atom. The van der Waals surface area contributed by atoms with Crippen LogP contribution < -0.4 is 0 Å². The molecule has 14 heavy (non-hydrogen) atoms. The molecule has 0 bridgehead atoms. The zero-order valence-corrected chi connectivity index (χ0v) is 11.2. The summed E-state index contributed by atoms with van der Waals surface area (Å²) in [7, 11) is 1.77. The van der Waals surface area contributed by atoms with E-state index >= 15 is 0 Å². The zero-order chi connectivity index (χ0) is 11.4. The maximum atomic E-state index is 6.03. The van der Waals surface area contributed by atoms with Crippen LogP contribution in [0, 0.1) is 11.3 Å². The van der Waals surface area contributed by atoms with E-state index in [4.69, 9.17) is 16.3 Å². The van der Waals surface area contributed by atoms with Crippen molar-refractivity contribution >= 4 is 11.6 Å². The Bertz CT molecular complexity index is 166. The van der Waals surface area contributed by atoms with Gasteiger partial charge in [0.15, 0.2) is 0 Å². The summed E-state index contributed by atoms with van der Waals surface area (Å²) in [6.45, 7) is 11.0. The van der Waals surface area contributed by atoms with Crippen molar-refractivity contribution in [3.05, 3.63) is 0 Å². The second-order valence-corrected chi connectivity index (χ2v) is 5.67. The minimum absolute atomic E-state index is 0.0256. The van der Waals surface area contributed by atoms with Gasteiger partial charge in [-0.2, -0.15) is 0 Å². The molecule has 1 atom stereocenters. The Kier molecular flexibility index (Phi) is 5.46. The van der Waals surface area contributed by atoms with Crippen LogP contribution in [0.4, 0.5) is 0 Å². The molecule has 1 nitrogen and oxygen atoms in total. The molecule has 0 heterocycles. The molecular formula is C12H25ClO. The third kappa shape index (κ3) is 4.18. The van der Waals surface area contributed by atoms with Gasteiger partial charge in [-0.3, -0.25) is 0 Å². The summed E-state index contributed by atoms with van der Waals surface area (Å²) in [6.07, 6.45) is 2.18. The molecule has 0 rings (SSSR count). The largest absolute Gasteiger partial charge is 0.379 e. The smallest absolute Gasteiger partial charge is 0.0623 e. The standard InChI is InChI=1S/C12H25ClO/c1-10(2)12(5,9-13)8-7-11(3,4)14-6/h10H,7-9H2,1-6H3. The normalized spacial score (nSPS) is 17.1. The predicted octanol–water partition coefficient (Wildman–Crippen LogP) is 4.09. The first-order valence-electron chi connectivity index (χ1n) is 5.38. The first kappa shape index (κ1) is 14.2. The van der Waals surface area contributed by atoms with Crippen LogP contribution in [0.3, 0.4) is 0 Å². The van der Waals surface area contributed by atoms with Gasteiger partial charge in [0.25, 0.3) is 0 Å². The topological polar surface area (TPSA) is 9.23 Å². The number of alkyl halides is 1. The molecule has 0 N–H and O–H groups in total. The molecule has 0 aromatic carbocycles. The van der Waals surface area contributed by atoms with Crippen LogP contribution in [0.1, 0.15) is 47.5 Å². The van der Waals surface area contributed by atoms with E-state index in [1.807, 2.05) is 0 Å². The molecule has 0 fully saturated rings. The molecule has 0 amide bonds. The van der Waals surface area contributed by atoms with Gasteiger partial charge in [0.1, 0.15) is 0 Å². The van der Waals surface area contributed by atoms with Gasteiger partial charge in [-0.05, 0) is 38.0 Å². The molecular weight excluding hydrogens is 196 g/mol. The minimum Gasteiger partial charge on any atom is -0.379 e. The van der Waals surface area contributed by atoms with Crippen LogP contribution in [0.25, 0.3) is 0 Å². The molecule has 0 aliphatic rings. The Morgan fingerprint density at radius 3 is 1.93 bits per heavy atom. The molecule has 0 spiro atoms. The zero-order valence-electron chi connectivity index (χ0n) is 10.5. The SMILES string of the molecule is COC(C)(C)CCC(C)(CCl)C(C)C. The van der Waals surface area contributed by atoms with Gasteiger partial charge >= 0.3 is 0 Å². The molecule has 0 radical (unpaired) electrons. The Labute approximate surface area is 94.2 Å². The third-order valence-corrected chi connectivity index (χ3v) is 4.16. The van der Waals surface area contributed by atoms with Gasteiger partial charge in [0, 0.05) is 13.0 Å². The lowest BCUT2D eigenvalue weighted by atomic mass is 9.75. The van der Waals surface area contributed by atoms with E-state index in [1.54, 1.807) is 7.11 Å². The van der Waals surface area contributed by atoms with Crippen LogP contribution in [0.5, 0.6) is 0 Å². The van der Waals surface area contributed by atoms with E-state index in [9.17, 15) is 0 Å². The highest BCUT2D eigenvalue weighted by Crippen LogP contribution is 2.36. The van der Waals surface area contributed by atoms with Gasteiger partial charge < -0.3 is 4.74 Å². The highest BCUT2D eigenvalue weighted by Gasteiger charge is 2.30. The maximum Gasteiger partial charge on any atom is 0.0623 e. The van der Waals surface area contributed by atoms with Gasteiger partial charge in [0.05, 0.1) is 5.60 Å². The fraction of sp³-hybridized carbons (Fsp3) is 1.00. The van der Waals surface area contributed by atoms with E-state index in [0.29, 0.717) is 5.92 Å². The molecule has 0 aliphatic heterocycles. The van der Waals surface area contributed by atoms with Crippen molar-refractivity contribution in [2.45, 2.75) is 53.1 Å². The van der Waals surface area contributed by atoms with Crippen LogP contribution in [0.2, 0.25) is 0 Å². The van der Waals surface area contributed by atoms with Crippen LogP contribution >= 0.6 is 11.6 Å². The lowest BCUT2D eigenvalue weighted by Gasteiger charge is -2.35. The summed E-state index contributed by atoms with van der Waals surface area (Å²) in [4.78, 5) is 0. The minimum atomic E-state index is -0.0256. The first-order valence-corrected chi connectivity index (χ1v) is 5.92. The van der Waals surface area contributed by atoms with Gasteiger partial charge in [-0.1, -0.05) is 20.8 Å². The lowest BCUT2D eigenvalue weighted by molar-refractivity contribution is 0.00269. The fourth-order valence-electron chi connectivity index (χ4n) is 1.20. The third-order valence-electron chi connectivity index (χ3n) is 3.55. The highest BCUT2D eigenvalue weighted by molar-refractivity contribution is 6.18. The number of methoxy groups -OCH3 is 1. The number of rotatable bonds is 6. The maximum absolute atomic E-state index is 6.03. The van der Waals surface area contributed by atoms with Crippen molar-refractivity contribution in [3.8, 4) is 0 Å². The van der Waals surface area contributed by atoms with Crippen LogP contribution in [0.15, 0.2) is 0 Å². The van der Waals surface area contributed by atoms with Crippen molar-refractivity contribution in [1.82, 2.24) is 0 Å². The Balaban J connectivity index is 4.21. The second-order valence-electron chi connectivity index (χ2n) is 5.41. The predicted molar refractivity (Wildman–Crippen MR) is 64.0 cm³/mol. The van der Waals surface area contributed by atoms with Gasteiger partial charge in [0.2, 0.25) is 0 Å². The summed E-state index contributed by atoms with van der Waals surface area (Å²) < 4.78 is 5.41. The van der Waals surface area contributed by atoms with Crippen molar-refractivity contribution in [1.29, 1.82) is 0 Å². The second kappa shape index (κ2) is 5.37. The summed E-state index contributed by atoms with van der Waals surface area (Å²) in [5.41, 5.74) is 0.208. The summed E-state index contributed by atoms with van der Waals surface area (Å²) in [6, 6.07) is 0. The fourth-order valence-corrected chi connectivity index (χ4v) is 1.64. The number of hydrogen-bond donors (Lipinski definition) is 0. The molecule has 2 heteroatoms. The quantitative estimate of drug-likeness (QED) is 0.613. The van der Waals surface area contributed by atoms with Crippen molar-refractivity contribution in [2.75, 3.05) is 13.0 Å². The van der Waals surface area contributed by atoms with Crippen LogP contribution in [-0.2, 0) is 4.74 Å². The summed E-state index contributed by atoms with van der Waals surface area (Å²) in [5, 5.41) is 0. The highest BCUT2D eigenvalue weighted by atomic mass is 35.5. The molecule has 0 aromatic heterocycles. The van der Waals surface area contributed by atoms with Gasteiger partial charge in [-0.15, -0.1) is 11.6 Å². The molecule has 0 saturated carbocycles.